The predicted molar refractivity (Wildman–Crippen MR) is 95.9 cm³/mol. The summed E-state index contributed by atoms with van der Waals surface area (Å²) in [4.78, 5) is 25.2. The summed E-state index contributed by atoms with van der Waals surface area (Å²) < 4.78 is 1.54. The van der Waals surface area contributed by atoms with Crippen LogP contribution in [-0.2, 0) is 7.05 Å². The Morgan fingerprint density at radius 3 is 2.62 bits per heavy atom. The van der Waals surface area contributed by atoms with Crippen LogP contribution in [0.2, 0.25) is 5.02 Å². The highest BCUT2D eigenvalue weighted by Crippen LogP contribution is 2.20. The van der Waals surface area contributed by atoms with E-state index >= 15 is 0 Å². The largest absolute Gasteiger partial charge is 0.320 e. The van der Waals surface area contributed by atoms with Crippen molar-refractivity contribution in [2.45, 2.75) is 13.8 Å². The molecule has 0 saturated carbocycles. The number of benzene rings is 2. The summed E-state index contributed by atoms with van der Waals surface area (Å²) in [5, 5.41) is 7.93. The van der Waals surface area contributed by atoms with Crippen LogP contribution in [0.3, 0.4) is 0 Å². The minimum Gasteiger partial charge on any atom is -0.320 e. The highest BCUT2D eigenvalue weighted by molar-refractivity contribution is 6.30. The highest BCUT2D eigenvalue weighted by Gasteiger charge is 2.17. The van der Waals surface area contributed by atoms with E-state index < -0.39 is 5.91 Å². The SMILES string of the molecule is Cc1ccc2c(c1)c(=O)c(C(=O)Nc1ccc(Cl)cc1C)nn2C. The summed E-state index contributed by atoms with van der Waals surface area (Å²) in [6.07, 6.45) is 0. The lowest BCUT2D eigenvalue weighted by molar-refractivity contribution is 0.101. The number of aryl methyl sites for hydroxylation is 3. The molecule has 1 N–H and O–H groups in total. The molecule has 0 radical (unpaired) electrons. The zero-order chi connectivity index (χ0) is 17.4. The second kappa shape index (κ2) is 6.09. The second-order valence-corrected chi connectivity index (χ2v) is 6.17. The fourth-order valence-electron chi connectivity index (χ4n) is 2.59. The Balaban J connectivity index is 2.07. The number of carbonyl (C=O) groups excluding carboxylic acids is 1. The molecule has 0 aliphatic rings. The van der Waals surface area contributed by atoms with Crippen molar-refractivity contribution in [2.24, 2.45) is 7.05 Å². The van der Waals surface area contributed by atoms with E-state index in [1.807, 2.05) is 26.0 Å². The topological polar surface area (TPSA) is 64.0 Å². The van der Waals surface area contributed by atoms with E-state index in [0.717, 1.165) is 11.1 Å². The van der Waals surface area contributed by atoms with Crippen molar-refractivity contribution < 1.29 is 4.79 Å². The summed E-state index contributed by atoms with van der Waals surface area (Å²) in [6, 6.07) is 10.6. The van der Waals surface area contributed by atoms with Gasteiger partial charge in [-0.3, -0.25) is 14.3 Å². The van der Waals surface area contributed by atoms with Crippen molar-refractivity contribution in [1.29, 1.82) is 0 Å². The quantitative estimate of drug-likeness (QED) is 0.776. The molecule has 0 fully saturated rings. The molecule has 0 spiro atoms. The molecule has 2 aromatic carbocycles. The van der Waals surface area contributed by atoms with Crippen LogP contribution in [0.1, 0.15) is 21.6 Å². The number of amides is 1. The lowest BCUT2D eigenvalue weighted by Crippen LogP contribution is -2.26. The van der Waals surface area contributed by atoms with Gasteiger partial charge in [0, 0.05) is 17.8 Å². The van der Waals surface area contributed by atoms with Gasteiger partial charge < -0.3 is 5.32 Å². The van der Waals surface area contributed by atoms with E-state index in [0.29, 0.717) is 21.6 Å². The molecule has 0 atom stereocenters. The molecule has 1 heterocycles. The van der Waals surface area contributed by atoms with Gasteiger partial charge in [-0.25, -0.2) is 0 Å². The number of anilines is 1. The van der Waals surface area contributed by atoms with Crippen molar-refractivity contribution in [3.8, 4) is 0 Å². The lowest BCUT2D eigenvalue weighted by atomic mass is 10.1. The Bertz CT molecular complexity index is 1020. The van der Waals surface area contributed by atoms with Gasteiger partial charge in [-0.1, -0.05) is 23.2 Å². The predicted octanol–water partition coefficient (Wildman–Crippen LogP) is 3.46. The molecule has 0 saturated heterocycles. The average molecular weight is 342 g/mol. The van der Waals surface area contributed by atoms with Gasteiger partial charge in [-0.2, -0.15) is 5.10 Å². The molecule has 0 bridgehead atoms. The van der Waals surface area contributed by atoms with Gasteiger partial charge in [0.1, 0.15) is 0 Å². The highest BCUT2D eigenvalue weighted by atomic mass is 35.5. The Hall–Kier alpha value is -2.66. The normalized spacial score (nSPS) is 10.8. The molecule has 24 heavy (non-hydrogen) atoms. The first-order valence-corrected chi connectivity index (χ1v) is 7.80. The molecule has 0 aliphatic carbocycles. The van der Waals surface area contributed by atoms with Crippen LogP contribution >= 0.6 is 11.6 Å². The smallest absolute Gasteiger partial charge is 0.280 e. The van der Waals surface area contributed by atoms with E-state index in [9.17, 15) is 9.59 Å². The third kappa shape index (κ3) is 2.90. The van der Waals surface area contributed by atoms with Gasteiger partial charge in [0.2, 0.25) is 5.43 Å². The summed E-state index contributed by atoms with van der Waals surface area (Å²) >= 11 is 5.92. The van der Waals surface area contributed by atoms with Gasteiger partial charge >= 0.3 is 0 Å². The van der Waals surface area contributed by atoms with Crippen molar-refractivity contribution in [1.82, 2.24) is 9.78 Å². The number of nitrogens with zero attached hydrogens (tertiary/aromatic N) is 2. The first kappa shape index (κ1) is 16.2. The standard InChI is InChI=1S/C18H16ClN3O2/c1-10-4-7-15-13(8-10)17(23)16(21-22(15)3)18(24)20-14-6-5-12(19)9-11(14)2/h4-9H,1-3H3,(H,20,24). The third-order valence-corrected chi connectivity index (χ3v) is 4.10. The number of fused-ring (bicyclic) bond motifs is 1. The van der Waals surface area contributed by atoms with Crippen LogP contribution in [-0.4, -0.2) is 15.7 Å². The zero-order valence-electron chi connectivity index (χ0n) is 13.6. The van der Waals surface area contributed by atoms with Crippen LogP contribution in [0.15, 0.2) is 41.2 Å². The summed E-state index contributed by atoms with van der Waals surface area (Å²) in [5.41, 5.74) is 2.53. The van der Waals surface area contributed by atoms with Crippen LogP contribution < -0.4 is 10.7 Å². The van der Waals surface area contributed by atoms with E-state index in [1.165, 1.54) is 0 Å². The Labute approximate surface area is 143 Å². The number of carbonyl (C=O) groups is 1. The molecule has 1 aromatic heterocycles. The number of hydrogen-bond acceptors (Lipinski definition) is 3. The fraction of sp³-hybridized carbons (Fsp3) is 0.167. The maximum Gasteiger partial charge on any atom is 0.280 e. The Morgan fingerprint density at radius 2 is 1.92 bits per heavy atom. The van der Waals surface area contributed by atoms with E-state index in [1.54, 1.807) is 36.0 Å². The number of halogens is 1. The molecule has 122 valence electrons. The van der Waals surface area contributed by atoms with Crippen LogP contribution in [0, 0.1) is 13.8 Å². The van der Waals surface area contributed by atoms with Gasteiger partial charge in [0.15, 0.2) is 5.69 Å². The molecular weight excluding hydrogens is 326 g/mol. The number of nitrogens with one attached hydrogen (secondary N) is 1. The molecule has 3 rings (SSSR count). The van der Waals surface area contributed by atoms with Gasteiger partial charge in [0.05, 0.1) is 10.9 Å². The number of rotatable bonds is 2. The third-order valence-electron chi connectivity index (χ3n) is 3.86. The molecule has 3 aromatic rings. The van der Waals surface area contributed by atoms with Gasteiger partial charge in [-0.05, 0) is 49.7 Å². The van der Waals surface area contributed by atoms with Crippen molar-refractivity contribution >= 4 is 34.1 Å². The van der Waals surface area contributed by atoms with E-state index in [-0.39, 0.29) is 11.1 Å². The Morgan fingerprint density at radius 1 is 1.17 bits per heavy atom. The van der Waals surface area contributed by atoms with Crippen LogP contribution in [0.4, 0.5) is 5.69 Å². The second-order valence-electron chi connectivity index (χ2n) is 5.74. The van der Waals surface area contributed by atoms with Gasteiger partial charge in [0.25, 0.3) is 5.91 Å². The maximum absolute atomic E-state index is 12.6. The maximum atomic E-state index is 12.6. The minimum atomic E-state index is -0.538. The van der Waals surface area contributed by atoms with Gasteiger partial charge in [-0.15, -0.1) is 0 Å². The molecule has 0 unspecified atom stereocenters. The number of hydrogen-bond donors (Lipinski definition) is 1. The lowest BCUT2D eigenvalue weighted by Gasteiger charge is -2.10. The number of aromatic nitrogens is 2. The molecule has 6 heteroatoms. The van der Waals surface area contributed by atoms with Crippen LogP contribution in [0.25, 0.3) is 10.9 Å². The van der Waals surface area contributed by atoms with Crippen molar-refractivity contribution in [3.05, 3.63) is 68.5 Å². The molecular formula is C18H16ClN3O2. The monoisotopic (exact) mass is 341 g/mol. The minimum absolute atomic E-state index is 0.134. The van der Waals surface area contributed by atoms with Crippen molar-refractivity contribution in [2.75, 3.05) is 5.32 Å². The summed E-state index contributed by atoms with van der Waals surface area (Å²) in [6.45, 7) is 3.73. The Kier molecular flexibility index (Phi) is 4.11. The average Bonchev–Trinajstić information content (AvgIpc) is 2.53. The fourth-order valence-corrected chi connectivity index (χ4v) is 2.81. The van der Waals surface area contributed by atoms with E-state index in [2.05, 4.69) is 10.4 Å². The molecule has 0 aliphatic heterocycles. The van der Waals surface area contributed by atoms with E-state index in [4.69, 9.17) is 11.6 Å². The summed E-state index contributed by atoms with van der Waals surface area (Å²) in [5.74, 6) is -0.538. The first-order valence-electron chi connectivity index (χ1n) is 7.42. The van der Waals surface area contributed by atoms with Crippen LogP contribution in [0.5, 0.6) is 0 Å². The molecule has 5 nitrogen and oxygen atoms in total. The van der Waals surface area contributed by atoms with Crippen molar-refractivity contribution in [3.63, 3.8) is 0 Å². The first-order chi connectivity index (χ1) is 11.4. The summed E-state index contributed by atoms with van der Waals surface area (Å²) in [7, 11) is 1.71. The molecule has 1 amide bonds. The zero-order valence-corrected chi connectivity index (χ0v) is 14.3.